The van der Waals surface area contributed by atoms with Crippen molar-refractivity contribution in [1.29, 1.82) is 0 Å². The van der Waals surface area contributed by atoms with Crippen LogP contribution in [0.3, 0.4) is 0 Å². The van der Waals surface area contributed by atoms with E-state index in [1.54, 1.807) is 4.90 Å². The summed E-state index contributed by atoms with van der Waals surface area (Å²) < 4.78 is 51.4. The molecule has 1 amide bonds. The van der Waals surface area contributed by atoms with Crippen molar-refractivity contribution >= 4 is 22.6 Å². The number of fused-ring (bicyclic) bond motifs is 5. The van der Waals surface area contributed by atoms with E-state index < -0.39 is 35.3 Å². The molecule has 9 nitrogen and oxygen atoms in total. The summed E-state index contributed by atoms with van der Waals surface area (Å²) >= 11 is 0. The Morgan fingerprint density at radius 2 is 2.09 bits per heavy atom. The maximum absolute atomic E-state index is 16.9. The Balaban J connectivity index is 1.22. The second-order valence-electron chi connectivity index (χ2n) is 13.7. The molecule has 2 unspecified atom stereocenters. The highest BCUT2D eigenvalue weighted by atomic mass is 19.1. The summed E-state index contributed by atoms with van der Waals surface area (Å²) in [5.74, 6) is -1.62. The molecule has 4 heterocycles. The number of aromatic hydroxyl groups is 1. The van der Waals surface area contributed by atoms with E-state index >= 15 is 4.39 Å². The summed E-state index contributed by atoms with van der Waals surface area (Å²) in [6, 6.07) is 6.51. The Morgan fingerprint density at radius 3 is 2.89 bits per heavy atom. The fourth-order valence-electron chi connectivity index (χ4n) is 8.65. The lowest BCUT2D eigenvalue weighted by Crippen LogP contribution is -2.56. The number of carbonyl (C=O) groups excluding carboxylic acids is 1. The van der Waals surface area contributed by atoms with E-state index in [2.05, 4.69) is 27.4 Å². The molecule has 5 atom stereocenters. The van der Waals surface area contributed by atoms with Crippen LogP contribution in [0.1, 0.15) is 42.7 Å². The number of phenols is 1. The Hall–Kier alpha value is -4.37. The van der Waals surface area contributed by atoms with Gasteiger partial charge in [0.05, 0.1) is 11.1 Å². The van der Waals surface area contributed by atoms with E-state index in [4.69, 9.17) is 16.3 Å². The van der Waals surface area contributed by atoms with Crippen LogP contribution in [-0.2, 0) is 11.2 Å². The average molecular weight is 645 g/mol. The topological polar surface area (TPSA) is 86.4 Å². The number of phenolic OH excluding ortho intramolecular Hbond substituents is 1. The van der Waals surface area contributed by atoms with E-state index in [0.717, 1.165) is 37.8 Å². The molecule has 1 aromatic heterocycles. The van der Waals surface area contributed by atoms with Gasteiger partial charge in [0, 0.05) is 38.0 Å². The molecule has 0 spiro atoms. The van der Waals surface area contributed by atoms with Crippen molar-refractivity contribution in [3.63, 3.8) is 0 Å². The molecule has 47 heavy (non-hydrogen) atoms. The van der Waals surface area contributed by atoms with Gasteiger partial charge in [-0.3, -0.25) is 9.69 Å². The highest BCUT2D eigenvalue weighted by Crippen LogP contribution is 2.58. The minimum atomic E-state index is -1.11. The fourth-order valence-corrected chi connectivity index (χ4v) is 8.65. The van der Waals surface area contributed by atoms with Crippen molar-refractivity contribution in [2.24, 2.45) is 5.92 Å². The van der Waals surface area contributed by atoms with Gasteiger partial charge in [-0.25, -0.2) is 19.7 Å². The lowest BCUT2D eigenvalue weighted by Gasteiger charge is -2.39. The molecule has 2 aromatic carbocycles. The summed E-state index contributed by atoms with van der Waals surface area (Å²) in [6.07, 6.45) is 3.06. The molecule has 12 heteroatoms. The number of rotatable bonds is 7. The van der Waals surface area contributed by atoms with Crippen LogP contribution in [0.5, 0.6) is 11.8 Å². The zero-order valence-corrected chi connectivity index (χ0v) is 25.9. The number of ether oxygens (including phenoxy) is 1. The summed E-state index contributed by atoms with van der Waals surface area (Å²) in [5, 5.41) is 11.6. The lowest BCUT2D eigenvalue weighted by atomic mass is 9.92. The molecule has 1 N–H and O–H groups in total. The summed E-state index contributed by atoms with van der Waals surface area (Å²) in [7, 11) is 0. The molecule has 3 aliphatic heterocycles. The Morgan fingerprint density at radius 1 is 1.23 bits per heavy atom. The third-order valence-electron chi connectivity index (χ3n) is 10.9. The Labute approximate surface area is 270 Å². The smallest absolute Gasteiger partial charge is 0.319 e. The summed E-state index contributed by atoms with van der Waals surface area (Å²) in [5.41, 5.74) is 2.45. The van der Waals surface area contributed by atoms with Gasteiger partial charge in [0.2, 0.25) is 6.54 Å². The molecule has 0 bridgehead atoms. The monoisotopic (exact) mass is 644 g/mol. The van der Waals surface area contributed by atoms with Crippen molar-refractivity contribution < 1.29 is 27.8 Å². The van der Waals surface area contributed by atoms with Gasteiger partial charge in [0.25, 0.3) is 5.91 Å². The molecule has 4 fully saturated rings. The molecule has 2 aliphatic carbocycles. The van der Waals surface area contributed by atoms with Crippen LogP contribution in [0.2, 0.25) is 0 Å². The lowest BCUT2D eigenvalue weighted by molar-refractivity contribution is -0.131. The quantitative estimate of drug-likeness (QED) is 0.281. The Bertz CT molecular complexity index is 1860. The van der Waals surface area contributed by atoms with Crippen molar-refractivity contribution in [3.8, 4) is 22.9 Å². The molecule has 0 radical (unpaired) electrons. The fraction of sp³-hybridized carbons (Fsp3) is 0.486. The molecule has 3 aromatic rings. The van der Waals surface area contributed by atoms with Gasteiger partial charge in [0.15, 0.2) is 11.6 Å². The standard InChI is InChI=1S/C35H35F3N6O3/c1-19(36)33(46)44-10-9-42(17-22(44)15-39-2)32-27-13-28(45)29(24-6-3-5-23-25-11-20(25)12-26(23)24)30(38)31(27)40-34(41-32)47-18-35-7-4-8-43(35)16-21(37)14-35/h3,5-6,13,20-22,25,45H,1,4,7-12,14-18H2/t20?,21-,22+,25?,35+/m1/s1. The normalized spacial score (nSPS) is 27.8. The minimum Gasteiger partial charge on any atom is -0.507 e. The maximum Gasteiger partial charge on any atom is 0.319 e. The maximum atomic E-state index is 16.9. The number of alkyl halides is 1. The van der Waals surface area contributed by atoms with Gasteiger partial charge in [0.1, 0.15) is 35.9 Å². The largest absolute Gasteiger partial charge is 0.507 e. The molecule has 244 valence electrons. The van der Waals surface area contributed by atoms with Crippen LogP contribution in [0.25, 0.3) is 26.9 Å². The van der Waals surface area contributed by atoms with Crippen molar-refractivity contribution in [2.75, 3.05) is 50.8 Å². The second-order valence-corrected chi connectivity index (χ2v) is 13.7. The third kappa shape index (κ3) is 4.89. The van der Waals surface area contributed by atoms with Gasteiger partial charge in [-0.1, -0.05) is 24.8 Å². The van der Waals surface area contributed by atoms with Crippen LogP contribution >= 0.6 is 0 Å². The average Bonchev–Trinajstić information content (AvgIpc) is 3.39. The number of benzene rings is 2. The van der Waals surface area contributed by atoms with Gasteiger partial charge in [-0.2, -0.15) is 9.97 Å². The SMILES string of the molecule is [C-]#[N+]C[C@H]1CN(c2nc(OC[C@@]34CCCN3C[C@H](F)C4)nc3c(F)c(-c4cccc5c4CC4CC54)c(O)cc23)CCN1C(=O)C(=C)F. The van der Waals surface area contributed by atoms with Crippen molar-refractivity contribution in [3.05, 3.63) is 65.0 Å². The van der Waals surface area contributed by atoms with Gasteiger partial charge < -0.3 is 24.5 Å². The third-order valence-corrected chi connectivity index (χ3v) is 10.9. The molecule has 8 rings (SSSR count). The van der Waals surface area contributed by atoms with E-state index in [-0.39, 0.29) is 66.8 Å². The van der Waals surface area contributed by atoms with Crippen molar-refractivity contribution in [1.82, 2.24) is 19.8 Å². The molecule has 1 saturated carbocycles. The van der Waals surface area contributed by atoms with E-state index in [1.165, 1.54) is 16.5 Å². The van der Waals surface area contributed by atoms with Gasteiger partial charge in [-0.15, -0.1) is 0 Å². The van der Waals surface area contributed by atoms with E-state index in [0.29, 0.717) is 30.4 Å². The van der Waals surface area contributed by atoms with E-state index in [9.17, 15) is 18.7 Å². The van der Waals surface area contributed by atoms with Crippen LogP contribution < -0.4 is 9.64 Å². The number of carbonyl (C=O) groups is 1. The first-order valence-corrected chi connectivity index (χ1v) is 16.3. The number of aromatic nitrogens is 2. The van der Waals surface area contributed by atoms with Crippen molar-refractivity contribution in [2.45, 2.75) is 55.8 Å². The molecular weight excluding hydrogens is 609 g/mol. The predicted molar refractivity (Wildman–Crippen MR) is 169 cm³/mol. The number of hydrogen-bond acceptors (Lipinski definition) is 7. The molecule has 5 aliphatic rings. The second kappa shape index (κ2) is 11.1. The summed E-state index contributed by atoms with van der Waals surface area (Å²) in [6.45, 7) is 12.1. The number of anilines is 1. The molecular formula is C35H35F3N6O3. The number of nitrogens with zero attached hydrogens (tertiary/aromatic N) is 6. The van der Waals surface area contributed by atoms with Crippen LogP contribution in [0.15, 0.2) is 36.7 Å². The number of hydrogen-bond donors (Lipinski definition) is 1. The number of amides is 1. The highest BCUT2D eigenvalue weighted by Gasteiger charge is 2.50. The van der Waals surface area contributed by atoms with Crippen LogP contribution in [0, 0.1) is 18.3 Å². The molecule has 3 saturated heterocycles. The van der Waals surface area contributed by atoms with Gasteiger partial charge >= 0.3 is 6.01 Å². The highest BCUT2D eigenvalue weighted by molar-refractivity contribution is 5.97. The van der Waals surface area contributed by atoms with Gasteiger partial charge in [-0.05, 0) is 66.8 Å². The number of halogens is 3. The zero-order valence-electron chi connectivity index (χ0n) is 25.9. The van der Waals surface area contributed by atoms with E-state index in [1.807, 2.05) is 12.1 Å². The van der Waals surface area contributed by atoms with Crippen LogP contribution in [-0.4, -0.2) is 94.4 Å². The first kappa shape index (κ1) is 30.0. The minimum absolute atomic E-state index is 0.0356. The number of piperazine rings is 1. The van der Waals surface area contributed by atoms with Crippen LogP contribution in [0.4, 0.5) is 19.0 Å². The predicted octanol–water partition coefficient (Wildman–Crippen LogP) is 5.18. The first-order valence-electron chi connectivity index (χ1n) is 16.3. The zero-order chi connectivity index (χ0) is 32.6. The Kier molecular flexibility index (Phi) is 7.09. The first-order chi connectivity index (χ1) is 22.7. The summed E-state index contributed by atoms with van der Waals surface area (Å²) in [4.78, 5) is 30.5.